The Bertz CT molecular complexity index is 790. The molecule has 0 saturated carbocycles. The number of benzene rings is 1. The van der Waals surface area contributed by atoms with Gasteiger partial charge in [0.15, 0.2) is 6.29 Å². The van der Waals surface area contributed by atoms with Crippen molar-refractivity contribution in [1.29, 1.82) is 0 Å². The molecule has 0 spiro atoms. The number of hydrogen-bond acceptors (Lipinski definition) is 8. The van der Waals surface area contributed by atoms with Gasteiger partial charge in [-0.3, -0.25) is 0 Å². The number of ether oxygens (including phenoxy) is 1. The van der Waals surface area contributed by atoms with Gasteiger partial charge in [0, 0.05) is 22.7 Å². The van der Waals surface area contributed by atoms with Crippen molar-refractivity contribution < 1.29 is 29.6 Å². The van der Waals surface area contributed by atoms with Gasteiger partial charge in [-0.2, -0.15) is 0 Å². The predicted octanol–water partition coefficient (Wildman–Crippen LogP) is -0.687. The molecule has 8 heteroatoms. The fraction of sp³-hybridized carbons (Fsp3) is 0.438. The summed E-state index contributed by atoms with van der Waals surface area (Å²) < 4.78 is 10.3. The molecule has 5 atom stereocenters. The molecular formula is C16H19NO7. The van der Waals surface area contributed by atoms with E-state index >= 15 is 0 Å². The van der Waals surface area contributed by atoms with E-state index in [4.69, 9.17) is 14.3 Å². The van der Waals surface area contributed by atoms with Crippen LogP contribution in [0, 0.1) is 6.92 Å². The van der Waals surface area contributed by atoms with E-state index < -0.39 is 42.9 Å². The summed E-state index contributed by atoms with van der Waals surface area (Å²) in [6.45, 7) is 1.13. The van der Waals surface area contributed by atoms with Gasteiger partial charge in [0.25, 0.3) is 0 Å². The summed E-state index contributed by atoms with van der Waals surface area (Å²) >= 11 is 0. The summed E-state index contributed by atoms with van der Waals surface area (Å²) in [5, 5.41) is 42.7. The molecule has 1 fully saturated rings. The van der Waals surface area contributed by atoms with Crippen molar-refractivity contribution in [2.45, 2.75) is 37.6 Å². The van der Waals surface area contributed by atoms with Crippen molar-refractivity contribution in [3.8, 4) is 0 Å². The van der Waals surface area contributed by atoms with Crippen molar-refractivity contribution in [2.24, 2.45) is 0 Å². The Morgan fingerprint density at radius 2 is 1.92 bits per heavy atom. The van der Waals surface area contributed by atoms with Crippen LogP contribution in [0.3, 0.4) is 0 Å². The maximum Gasteiger partial charge on any atom is 0.339 e. The van der Waals surface area contributed by atoms with Crippen molar-refractivity contribution in [3.05, 3.63) is 40.2 Å². The van der Waals surface area contributed by atoms with Crippen LogP contribution in [0.15, 0.2) is 33.5 Å². The fourth-order valence-electron chi connectivity index (χ4n) is 2.75. The number of nitrogens with one attached hydrogen (secondary N) is 1. The molecule has 3 rings (SSSR count). The van der Waals surface area contributed by atoms with E-state index in [9.17, 15) is 20.1 Å². The highest BCUT2D eigenvalue weighted by Gasteiger charge is 2.43. The Kier molecular flexibility index (Phi) is 4.57. The van der Waals surface area contributed by atoms with Gasteiger partial charge in [0.2, 0.25) is 0 Å². The molecule has 1 saturated heterocycles. The van der Waals surface area contributed by atoms with Crippen molar-refractivity contribution in [2.75, 3.05) is 11.9 Å². The lowest BCUT2D eigenvalue weighted by Crippen LogP contribution is -2.61. The average Bonchev–Trinajstić information content (AvgIpc) is 2.56. The minimum atomic E-state index is -1.43. The monoisotopic (exact) mass is 336 g/mol. The van der Waals surface area contributed by atoms with Gasteiger partial charge in [0.05, 0.1) is 6.61 Å². The maximum atomic E-state index is 11.6. The Labute approximate surface area is 136 Å². The highest BCUT2D eigenvalue weighted by molar-refractivity contribution is 5.80. The Hall–Kier alpha value is -1.97. The zero-order valence-corrected chi connectivity index (χ0v) is 12.9. The minimum Gasteiger partial charge on any atom is -0.422 e. The third kappa shape index (κ3) is 3.02. The zero-order chi connectivity index (χ0) is 17.4. The van der Waals surface area contributed by atoms with Crippen LogP contribution in [0.2, 0.25) is 0 Å². The quantitative estimate of drug-likeness (QED) is 0.466. The first-order valence-electron chi connectivity index (χ1n) is 7.52. The molecule has 130 valence electrons. The van der Waals surface area contributed by atoms with Crippen molar-refractivity contribution in [1.82, 2.24) is 0 Å². The molecular weight excluding hydrogens is 317 g/mol. The number of anilines is 1. The van der Waals surface area contributed by atoms with E-state index in [0.29, 0.717) is 16.8 Å². The Balaban J connectivity index is 1.86. The summed E-state index contributed by atoms with van der Waals surface area (Å²) in [6, 6.07) is 5.65. The van der Waals surface area contributed by atoms with Crippen LogP contribution in [0.1, 0.15) is 5.56 Å². The first-order valence-corrected chi connectivity index (χ1v) is 7.52. The van der Waals surface area contributed by atoms with Gasteiger partial charge in [-0.15, -0.1) is 0 Å². The highest BCUT2D eigenvalue weighted by Crippen LogP contribution is 2.25. The zero-order valence-electron chi connectivity index (χ0n) is 12.9. The van der Waals surface area contributed by atoms with Crippen LogP contribution in [0.4, 0.5) is 5.69 Å². The van der Waals surface area contributed by atoms with Crippen LogP contribution in [0.5, 0.6) is 0 Å². The lowest BCUT2D eigenvalue weighted by atomic mass is 9.96. The molecule has 0 amide bonds. The van der Waals surface area contributed by atoms with Crippen LogP contribution >= 0.6 is 0 Å². The molecule has 0 radical (unpaired) electrons. The van der Waals surface area contributed by atoms with Crippen molar-refractivity contribution >= 4 is 16.7 Å². The van der Waals surface area contributed by atoms with Gasteiger partial charge in [-0.1, -0.05) is 0 Å². The SMILES string of the molecule is [11CH3]c1cc2ccc(NC3C(O)OC(CO)[C@@H](O)[C@@H]3O)cc2oc1=O. The molecule has 8 nitrogen and oxygen atoms in total. The molecule has 1 aliphatic heterocycles. The second-order valence-corrected chi connectivity index (χ2v) is 5.87. The Morgan fingerprint density at radius 1 is 1.17 bits per heavy atom. The molecule has 1 aliphatic rings. The predicted molar refractivity (Wildman–Crippen MR) is 84.6 cm³/mol. The standard InChI is InChI=1S/C16H19NO7/c1-7-4-8-2-3-9(5-10(8)23-15(7)21)17-12-14(20)13(19)11(6-18)24-16(12)22/h2-5,11-14,16-20,22H,6H2,1H3/t11?,12?,13-,14-,16?/m1/s1/i1-1. The summed E-state index contributed by atoms with van der Waals surface area (Å²) in [5.74, 6) is 0. The van der Waals surface area contributed by atoms with E-state index in [1.54, 1.807) is 31.2 Å². The first kappa shape index (κ1) is 16.9. The lowest BCUT2D eigenvalue weighted by Gasteiger charge is -2.40. The van der Waals surface area contributed by atoms with E-state index in [1.165, 1.54) is 0 Å². The summed E-state index contributed by atoms with van der Waals surface area (Å²) in [5.41, 5.74) is 0.871. The molecule has 0 bridgehead atoms. The first-order chi connectivity index (χ1) is 11.4. The maximum absolute atomic E-state index is 11.6. The third-order valence-corrected chi connectivity index (χ3v) is 4.14. The Morgan fingerprint density at radius 3 is 2.62 bits per heavy atom. The largest absolute Gasteiger partial charge is 0.422 e. The number of aryl methyl sites for hydroxylation is 1. The molecule has 1 aromatic carbocycles. The topological polar surface area (TPSA) is 132 Å². The summed E-state index contributed by atoms with van der Waals surface area (Å²) in [4.78, 5) is 11.6. The normalized spacial score (nSPS) is 30.5. The second-order valence-electron chi connectivity index (χ2n) is 5.87. The van der Waals surface area contributed by atoms with Crippen LogP contribution < -0.4 is 10.9 Å². The molecule has 5 N–H and O–H groups in total. The minimum absolute atomic E-state index is 0.352. The molecule has 2 heterocycles. The number of aliphatic hydroxyl groups is 4. The van der Waals surface area contributed by atoms with Gasteiger partial charge < -0.3 is 34.9 Å². The fourth-order valence-corrected chi connectivity index (χ4v) is 2.75. The van der Waals surface area contributed by atoms with Gasteiger partial charge in [0.1, 0.15) is 29.9 Å². The number of fused-ring (bicyclic) bond motifs is 1. The van der Waals surface area contributed by atoms with Crippen LogP contribution in [0.25, 0.3) is 11.0 Å². The third-order valence-electron chi connectivity index (χ3n) is 4.14. The van der Waals surface area contributed by atoms with Crippen LogP contribution in [-0.2, 0) is 4.74 Å². The molecule has 2 aromatic rings. The lowest BCUT2D eigenvalue weighted by molar-refractivity contribution is -0.245. The van der Waals surface area contributed by atoms with Gasteiger partial charge in [-0.25, -0.2) is 4.79 Å². The van der Waals surface area contributed by atoms with Crippen molar-refractivity contribution in [3.63, 3.8) is 0 Å². The summed E-state index contributed by atoms with van der Waals surface area (Å²) in [7, 11) is 0. The smallest absolute Gasteiger partial charge is 0.339 e. The summed E-state index contributed by atoms with van der Waals surface area (Å²) in [6.07, 6.45) is -5.20. The van der Waals surface area contributed by atoms with Gasteiger partial charge in [-0.05, 0) is 25.1 Å². The van der Waals surface area contributed by atoms with E-state index in [0.717, 1.165) is 5.39 Å². The molecule has 0 aliphatic carbocycles. The number of rotatable bonds is 3. The number of hydrogen-bond donors (Lipinski definition) is 5. The molecule has 24 heavy (non-hydrogen) atoms. The second kappa shape index (κ2) is 6.50. The van der Waals surface area contributed by atoms with Crippen LogP contribution in [-0.4, -0.2) is 57.7 Å². The van der Waals surface area contributed by atoms with Gasteiger partial charge >= 0.3 is 5.63 Å². The molecule has 3 unspecified atom stereocenters. The average molecular weight is 336 g/mol. The molecule has 1 aromatic heterocycles. The van der Waals surface area contributed by atoms with E-state index in [-0.39, 0.29) is 0 Å². The number of aliphatic hydroxyl groups excluding tert-OH is 4. The highest BCUT2D eigenvalue weighted by atomic mass is 16.6. The van der Waals surface area contributed by atoms with E-state index in [2.05, 4.69) is 5.32 Å². The van der Waals surface area contributed by atoms with E-state index in [1.807, 2.05) is 0 Å².